The largest absolute Gasteiger partial charge is 0.484 e. The lowest BCUT2D eigenvalue weighted by molar-refractivity contribution is 0.175. The number of benzene rings is 5. The van der Waals surface area contributed by atoms with Crippen LogP contribution in [0.2, 0.25) is 0 Å². The van der Waals surface area contributed by atoms with Crippen LogP contribution in [0.15, 0.2) is 158 Å². The topological polar surface area (TPSA) is 18.5 Å². The van der Waals surface area contributed by atoms with E-state index < -0.39 is 0 Å². The van der Waals surface area contributed by atoms with Gasteiger partial charge < -0.3 is 9.47 Å². The Labute approximate surface area is 235 Å². The van der Waals surface area contributed by atoms with E-state index in [1.807, 2.05) is 12.1 Å². The van der Waals surface area contributed by atoms with Gasteiger partial charge in [-0.2, -0.15) is 0 Å². The van der Waals surface area contributed by atoms with Crippen LogP contribution in [0.1, 0.15) is 57.4 Å². The molecule has 194 valence electrons. The Hall–Kier alpha value is -4.82. The molecule has 0 spiro atoms. The van der Waals surface area contributed by atoms with Gasteiger partial charge in [0.15, 0.2) is 0 Å². The van der Waals surface area contributed by atoms with Crippen LogP contribution < -0.4 is 0 Å². The molecule has 5 aromatic carbocycles. The predicted octanol–water partition coefficient (Wildman–Crippen LogP) is 9.48. The van der Waals surface area contributed by atoms with Crippen LogP contribution >= 0.6 is 0 Å². The van der Waals surface area contributed by atoms with E-state index >= 15 is 0 Å². The van der Waals surface area contributed by atoms with Crippen molar-refractivity contribution in [2.75, 3.05) is 0 Å². The third kappa shape index (κ3) is 4.74. The van der Waals surface area contributed by atoms with Crippen molar-refractivity contribution in [1.29, 1.82) is 0 Å². The van der Waals surface area contributed by atoms with Gasteiger partial charge in [0, 0.05) is 23.0 Å². The zero-order valence-electron chi connectivity index (χ0n) is 22.1. The van der Waals surface area contributed by atoms with Gasteiger partial charge in [-0.1, -0.05) is 146 Å². The fourth-order valence-corrected chi connectivity index (χ4v) is 5.85. The smallest absolute Gasteiger partial charge is 0.134 e. The van der Waals surface area contributed by atoms with Gasteiger partial charge in [0.25, 0.3) is 0 Å². The van der Waals surface area contributed by atoms with Crippen LogP contribution in [-0.2, 0) is 9.47 Å². The highest BCUT2D eigenvalue weighted by Gasteiger charge is 2.35. The lowest BCUT2D eigenvalue weighted by atomic mass is 9.87. The van der Waals surface area contributed by atoms with E-state index in [0.717, 1.165) is 33.8 Å². The van der Waals surface area contributed by atoms with Crippen molar-refractivity contribution in [3.05, 3.63) is 191 Å². The van der Waals surface area contributed by atoms with Crippen LogP contribution in [0.5, 0.6) is 0 Å². The van der Waals surface area contributed by atoms with E-state index in [1.54, 1.807) is 0 Å². The van der Waals surface area contributed by atoms with Gasteiger partial charge in [-0.15, -0.1) is 0 Å². The van der Waals surface area contributed by atoms with Gasteiger partial charge in [-0.25, -0.2) is 0 Å². The number of ether oxygens (including phenoxy) is 2. The summed E-state index contributed by atoms with van der Waals surface area (Å²) >= 11 is 0. The molecular weight excluding hydrogens is 488 g/mol. The molecule has 2 aliphatic heterocycles. The first-order valence-electron chi connectivity index (χ1n) is 13.9. The van der Waals surface area contributed by atoms with Crippen molar-refractivity contribution in [2.45, 2.75) is 24.0 Å². The van der Waals surface area contributed by atoms with Crippen molar-refractivity contribution >= 4 is 11.5 Å². The number of hydrogen-bond donors (Lipinski definition) is 0. The molecule has 4 unspecified atom stereocenters. The summed E-state index contributed by atoms with van der Waals surface area (Å²) in [5.74, 6) is 2.13. The molecule has 0 fully saturated rings. The standard InChI is InChI=1S/C38H30O2/c1-5-13-27(14-6-1)33-25-35(29-17-9-3-10-18-29)39-37(33)31-21-23-32(24-22-31)38-34(28-15-7-2-8-16-28)26-36(40-38)30-19-11-4-12-20-30/h1-26,33-34,37-38H. The third-order valence-corrected chi connectivity index (χ3v) is 7.90. The molecule has 0 amide bonds. The summed E-state index contributed by atoms with van der Waals surface area (Å²) in [5.41, 5.74) is 7.03. The van der Waals surface area contributed by atoms with Gasteiger partial charge >= 0.3 is 0 Å². The second-order valence-corrected chi connectivity index (χ2v) is 10.4. The van der Waals surface area contributed by atoms with Crippen LogP contribution in [-0.4, -0.2) is 0 Å². The number of hydrogen-bond acceptors (Lipinski definition) is 2. The van der Waals surface area contributed by atoms with Gasteiger partial charge in [0.2, 0.25) is 0 Å². The molecule has 2 nitrogen and oxygen atoms in total. The second kappa shape index (κ2) is 10.7. The highest BCUT2D eigenvalue weighted by Crippen LogP contribution is 2.48. The minimum atomic E-state index is -0.0981. The maximum Gasteiger partial charge on any atom is 0.134 e. The summed E-state index contributed by atoms with van der Waals surface area (Å²) in [6.07, 6.45) is 4.34. The molecule has 0 saturated heterocycles. The van der Waals surface area contributed by atoms with E-state index in [2.05, 4.69) is 146 Å². The van der Waals surface area contributed by atoms with Crippen molar-refractivity contribution in [1.82, 2.24) is 0 Å². The van der Waals surface area contributed by atoms with Crippen molar-refractivity contribution < 1.29 is 9.47 Å². The molecule has 40 heavy (non-hydrogen) atoms. The summed E-state index contributed by atoms with van der Waals surface area (Å²) in [6.45, 7) is 0. The maximum absolute atomic E-state index is 6.65. The molecule has 0 aromatic heterocycles. The quantitative estimate of drug-likeness (QED) is 0.223. The zero-order chi connectivity index (χ0) is 26.7. The van der Waals surface area contributed by atoms with Gasteiger partial charge in [-0.3, -0.25) is 0 Å². The monoisotopic (exact) mass is 518 g/mol. The fourth-order valence-electron chi connectivity index (χ4n) is 5.85. The van der Waals surface area contributed by atoms with Crippen molar-refractivity contribution in [2.24, 2.45) is 0 Å². The van der Waals surface area contributed by atoms with Crippen LogP contribution in [0, 0.1) is 0 Å². The van der Waals surface area contributed by atoms with Gasteiger partial charge in [0.1, 0.15) is 23.7 Å². The lowest BCUT2D eigenvalue weighted by Gasteiger charge is -2.23. The summed E-state index contributed by atoms with van der Waals surface area (Å²) in [4.78, 5) is 0. The van der Waals surface area contributed by atoms with E-state index in [4.69, 9.17) is 9.47 Å². The molecule has 0 N–H and O–H groups in total. The molecule has 2 aliphatic rings. The van der Waals surface area contributed by atoms with Crippen molar-refractivity contribution in [3.63, 3.8) is 0 Å². The minimum absolute atomic E-state index is 0.0981. The minimum Gasteiger partial charge on any atom is -0.484 e. The normalized spacial score (nSPS) is 21.7. The van der Waals surface area contributed by atoms with E-state index in [0.29, 0.717) is 0 Å². The highest BCUT2D eigenvalue weighted by molar-refractivity contribution is 5.65. The Morgan fingerprint density at radius 2 is 0.650 bits per heavy atom. The Morgan fingerprint density at radius 1 is 0.325 bits per heavy atom. The molecule has 7 rings (SSSR count). The molecule has 2 heteroatoms. The predicted molar refractivity (Wildman–Crippen MR) is 161 cm³/mol. The molecule has 5 aromatic rings. The second-order valence-electron chi connectivity index (χ2n) is 10.4. The average molecular weight is 519 g/mol. The molecule has 2 heterocycles. The first-order valence-corrected chi connectivity index (χ1v) is 13.9. The molecular formula is C38H30O2. The Bertz CT molecular complexity index is 1500. The summed E-state index contributed by atoms with van der Waals surface area (Å²) in [6, 6.07) is 50.9. The van der Waals surface area contributed by atoms with Crippen LogP contribution in [0.25, 0.3) is 11.5 Å². The molecule has 4 atom stereocenters. The van der Waals surface area contributed by atoms with E-state index in [1.165, 1.54) is 11.1 Å². The van der Waals surface area contributed by atoms with Crippen LogP contribution in [0.3, 0.4) is 0 Å². The molecule has 0 aliphatic carbocycles. The molecule has 0 saturated carbocycles. The summed E-state index contributed by atoms with van der Waals surface area (Å²) < 4.78 is 13.3. The Kier molecular flexibility index (Phi) is 6.51. The van der Waals surface area contributed by atoms with Crippen LogP contribution in [0.4, 0.5) is 0 Å². The first-order chi connectivity index (χ1) is 19.8. The SMILES string of the molecule is C1=C(c2ccccc2)OC(c2ccc(C3OC(c4ccccc4)=CC3c3ccccc3)cc2)C1c1ccccc1. The molecule has 0 radical (unpaired) electrons. The fraction of sp³-hybridized carbons (Fsp3) is 0.105. The van der Waals surface area contributed by atoms with Gasteiger partial charge in [-0.05, 0) is 34.4 Å². The Balaban J connectivity index is 1.20. The molecule has 0 bridgehead atoms. The third-order valence-electron chi connectivity index (χ3n) is 7.90. The first kappa shape index (κ1) is 24.2. The maximum atomic E-state index is 6.65. The Morgan fingerprint density at radius 3 is 1.00 bits per heavy atom. The lowest BCUT2D eigenvalue weighted by Crippen LogP contribution is -2.09. The summed E-state index contributed by atoms with van der Waals surface area (Å²) in [7, 11) is 0. The van der Waals surface area contributed by atoms with E-state index in [-0.39, 0.29) is 24.0 Å². The van der Waals surface area contributed by atoms with Gasteiger partial charge in [0.05, 0.1) is 0 Å². The average Bonchev–Trinajstić information content (AvgIpc) is 3.69. The zero-order valence-corrected chi connectivity index (χ0v) is 22.1. The highest BCUT2D eigenvalue weighted by atomic mass is 16.5. The summed E-state index contributed by atoms with van der Waals surface area (Å²) in [5, 5.41) is 0. The van der Waals surface area contributed by atoms with Crippen molar-refractivity contribution in [3.8, 4) is 0 Å². The van der Waals surface area contributed by atoms with E-state index in [9.17, 15) is 0 Å². The number of rotatable bonds is 6.